The summed E-state index contributed by atoms with van der Waals surface area (Å²) in [6.45, 7) is 0. The van der Waals surface area contributed by atoms with Crippen LogP contribution in [0, 0.1) is 34.0 Å². The largest absolute Gasteiger partial charge is 0.308 e. The van der Waals surface area contributed by atoms with Crippen LogP contribution in [-0.4, -0.2) is 24.1 Å². The second-order valence-electron chi connectivity index (χ2n) is 24.4. The first kappa shape index (κ1) is 58.0. The quantitative estimate of drug-likeness (QED) is 0.120. The van der Waals surface area contributed by atoms with Crippen LogP contribution in [-0.2, 0) is 0 Å². The second-order valence-corrected chi connectivity index (χ2v) is 24.4. The Bertz CT molecular complexity index is 5590. The molecule has 0 amide bonds. The van der Waals surface area contributed by atoms with Crippen molar-refractivity contribution in [2.75, 3.05) is 0 Å². The maximum atomic E-state index is 10.7. The van der Waals surface area contributed by atoms with E-state index in [1.807, 2.05) is 121 Å². The molecular weight excluding hydrogens is 1190 g/mol. The molecule has 0 spiro atoms. The summed E-state index contributed by atoms with van der Waals surface area (Å²) in [6.07, 6.45) is 0. The van der Waals surface area contributed by atoms with E-state index in [0.717, 1.165) is 133 Å². The van der Waals surface area contributed by atoms with Crippen molar-refractivity contribution in [3.8, 4) is 142 Å². The van der Waals surface area contributed by atoms with Gasteiger partial charge in [-0.15, -0.1) is 0 Å². The average Bonchev–Trinajstić information content (AvgIpc) is 1.58. The van der Waals surface area contributed by atoms with E-state index in [1.54, 1.807) is 0 Å². The molecule has 3 aromatic heterocycles. The summed E-state index contributed by atoms with van der Waals surface area (Å²) in [5.41, 5.74) is 23.3. The standard InChI is InChI=1S/C90H54N8/c91-55-58-29-33-64(34-30-58)70-41-47-86(97-82-43-37-66(60-17-5-1-6-18-60)49-76(82)77-50-67(38-44-83(77)97)61-19-7-2-8-20-61)80(53-70)89-94-88(75-28-16-15-27-74(75)73-26-14-13-25-72(73)57-93)95-90(96-89)81-54-71(65-35-31-59(56-92)32-36-65)42-48-87(81)98-84-45-39-68(62-21-9-3-10-22-62)51-78(84)79-52-69(40-46-85(79)98)63-23-11-4-12-24-63/h1-54H. The Labute approximate surface area is 566 Å². The first-order chi connectivity index (χ1) is 48.4. The van der Waals surface area contributed by atoms with Crippen molar-refractivity contribution < 1.29 is 0 Å². The normalized spacial score (nSPS) is 11.2. The first-order valence-corrected chi connectivity index (χ1v) is 32.5. The topological polar surface area (TPSA) is 120 Å². The van der Waals surface area contributed by atoms with Gasteiger partial charge in [-0.25, -0.2) is 15.0 Å². The molecule has 0 unspecified atom stereocenters. The van der Waals surface area contributed by atoms with Crippen LogP contribution in [0.1, 0.15) is 16.7 Å². The van der Waals surface area contributed by atoms with Crippen LogP contribution in [0.4, 0.5) is 0 Å². The third-order valence-corrected chi connectivity index (χ3v) is 18.8. The van der Waals surface area contributed by atoms with E-state index < -0.39 is 0 Å². The highest BCUT2D eigenvalue weighted by Gasteiger charge is 2.26. The Morgan fingerprint density at radius 3 is 0.837 bits per heavy atom. The maximum absolute atomic E-state index is 10.7. The van der Waals surface area contributed by atoms with Crippen molar-refractivity contribution in [3.63, 3.8) is 0 Å². The molecule has 0 N–H and O–H groups in total. The van der Waals surface area contributed by atoms with Crippen LogP contribution < -0.4 is 0 Å². The van der Waals surface area contributed by atoms with Crippen LogP contribution in [0.15, 0.2) is 328 Å². The average molecular weight is 1250 g/mol. The zero-order valence-corrected chi connectivity index (χ0v) is 52.8. The van der Waals surface area contributed by atoms with Crippen molar-refractivity contribution in [3.05, 3.63) is 344 Å². The summed E-state index contributed by atoms with van der Waals surface area (Å²) >= 11 is 0. The molecule has 98 heavy (non-hydrogen) atoms. The molecule has 17 aromatic rings. The number of nitriles is 3. The molecule has 0 aliphatic carbocycles. The van der Waals surface area contributed by atoms with E-state index in [-0.39, 0.29) is 0 Å². The van der Waals surface area contributed by atoms with Gasteiger partial charge in [-0.3, -0.25) is 0 Å². The minimum Gasteiger partial charge on any atom is -0.308 e. The highest BCUT2D eigenvalue weighted by atomic mass is 15.1. The molecule has 0 saturated carbocycles. The lowest BCUT2D eigenvalue weighted by Crippen LogP contribution is -2.06. The van der Waals surface area contributed by atoms with Crippen molar-refractivity contribution in [1.29, 1.82) is 15.8 Å². The van der Waals surface area contributed by atoms with E-state index in [1.165, 1.54) is 0 Å². The van der Waals surface area contributed by atoms with Gasteiger partial charge in [0.2, 0.25) is 0 Å². The zero-order valence-electron chi connectivity index (χ0n) is 52.8. The van der Waals surface area contributed by atoms with Crippen LogP contribution in [0.25, 0.3) is 167 Å². The lowest BCUT2D eigenvalue weighted by molar-refractivity contribution is 1.06. The molecule has 8 nitrogen and oxygen atoms in total. The Morgan fingerprint density at radius 2 is 0.490 bits per heavy atom. The number of hydrogen-bond donors (Lipinski definition) is 0. The van der Waals surface area contributed by atoms with Crippen molar-refractivity contribution in [2.45, 2.75) is 0 Å². The second kappa shape index (κ2) is 24.6. The summed E-state index contributed by atoms with van der Waals surface area (Å²) in [6, 6.07) is 120. The fourth-order valence-electron chi connectivity index (χ4n) is 13.9. The molecule has 0 atom stereocenters. The molecule has 454 valence electrons. The molecule has 8 heteroatoms. The molecule has 14 aromatic carbocycles. The number of rotatable bonds is 12. The van der Waals surface area contributed by atoms with Crippen molar-refractivity contribution >= 4 is 43.6 Å². The highest BCUT2D eigenvalue weighted by Crippen LogP contribution is 2.45. The molecule has 0 saturated heterocycles. The summed E-state index contributed by atoms with van der Waals surface area (Å²) in [7, 11) is 0. The van der Waals surface area contributed by atoms with E-state index in [9.17, 15) is 15.8 Å². The predicted molar refractivity (Wildman–Crippen MR) is 397 cm³/mol. The van der Waals surface area contributed by atoms with Gasteiger partial charge in [-0.2, -0.15) is 15.8 Å². The molecule has 0 fully saturated rings. The van der Waals surface area contributed by atoms with Gasteiger partial charge < -0.3 is 9.13 Å². The lowest BCUT2D eigenvalue weighted by atomic mass is 9.95. The van der Waals surface area contributed by atoms with E-state index >= 15 is 0 Å². The zero-order chi connectivity index (χ0) is 65.6. The number of fused-ring (bicyclic) bond motifs is 6. The molecular formula is C90H54N8. The SMILES string of the molecule is N#Cc1ccc(-c2ccc(-n3c4ccc(-c5ccccc5)cc4c4cc(-c5ccccc5)ccc43)c(-c3nc(-c4ccccc4-c4ccccc4C#N)nc(-c4cc(-c5ccc(C#N)cc5)ccc4-n4c5ccc(-c6ccccc6)cc5c5cc(-c6ccccc6)ccc54)n3)c2)cc1. The number of aromatic nitrogens is 5. The van der Waals surface area contributed by atoms with E-state index in [4.69, 9.17) is 15.0 Å². The predicted octanol–water partition coefficient (Wildman–Crippen LogP) is 22.4. The maximum Gasteiger partial charge on any atom is 0.166 e. The third kappa shape index (κ3) is 10.4. The van der Waals surface area contributed by atoms with E-state index in [2.05, 4.69) is 234 Å². The summed E-state index contributed by atoms with van der Waals surface area (Å²) in [5, 5.41) is 35.1. The van der Waals surface area contributed by atoms with Crippen molar-refractivity contribution in [2.24, 2.45) is 0 Å². The third-order valence-electron chi connectivity index (χ3n) is 18.8. The fourth-order valence-corrected chi connectivity index (χ4v) is 13.9. The smallest absolute Gasteiger partial charge is 0.166 e. The Kier molecular flexibility index (Phi) is 14.5. The van der Waals surface area contributed by atoms with Gasteiger partial charge in [0, 0.05) is 43.8 Å². The van der Waals surface area contributed by atoms with Crippen LogP contribution in [0.5, 0.6) is 0 Å². The van der Waals surface area contributed by atoms with Gasteiger partial charge >= 0.3 is 0 Å². The van der Waals surface area contributed by atoms with Gasteiger partial charge in [0.05, 0.1) is 68.3 Å². The minimum absolute atomic E-state index is 0.391. The number of hydrogen-bond acceptors (Lipinski definition) is 6. The molecule has 17 rings (SSSR count). The monoisotopic (exact) mass is 1250 g/mol. The van der Waals surface area contributed by atoms with Gasteiger partial charge in [0.15, 0.2) is 17.5 Å². The molecule has 0 aliphatic rings. The van der Waals surface area contributed by atoms with Gasteiger partial charge in [-0.1, -0.05) is 224 Å². The Hall–Kier alpha value is -13.8. The summed E-state index contributed by atoms with van der Waals surface area (Å²) in [5.74, 6) is 1.18. The van der Waals surface area contributed by atoms with Gasteiger partial charge in [0.25, 0.3) is 0 Å². The number of benzene rings is 14. The van der Waals surface area contributed by atoms with Gasteiger partial charge in [0.1, 0.15) is 0 Å². The van der Waals surface area contributed by atoms with Crippen LogP contribution in [0.2, 0.25) is 0 Å². The van der Waals surface area contributed by atoms with Crippen LogP contribution >= 0.6 is 0 Å². The fraction of sp³-hybridized carbons (Fsp3) is 0. The first-order valence-electron chi connectivity index (χ1n) is 32.5. The molecule has 0 bridgehead atoms. The molecule has 0 aliphatic heterocycles. The lowest BCUT2D eigenvalue weighted by Gasteiger charge is -2.19. The Morgan fingerprint density at radius 1 is 0.214 bits per heavy atom. The highest BCUT2D eigenvalue weighted by molar-refractivity contribution is 6.14. The summed E-state index contributed by atoms with van der Waals surface area (Å²) < 4.78 is 4.68. The molecule has 0 radical (unpaired) electrons. The molecule has 3 heterocycles. The summed E-state index contributed by atoms with van der Waals surface area (Å²) in [4.78, 5) is 17.3. The minimum atomic E-state index is 0.391. The number of nitrogens with zero attached hydrogens (tertiary/aromatic N) is 8. The van der Waals surface area contributed by atoms with Crippen molar-refractivity contribution in [1.82, 2.24) is 24.1 Å². The van der Waals surface area contributed by atoms with E-state index in [0.29, 0.717) is 50.9 Å². The van der Waals surface area contributed by atoms with Gasteiger partial charge in [-0.05, 0) is 175 Å². The Balaban J connectivity index is 0.982. The van der Waals surface area contributed by atoms with Crippen LogP contribution in [0.3, 0.4) is 0 Å².